The topological polar surface area (TPSA) is 100 Å². The Morgan fingerprint density at radius 2 is 1.79 bits per heavy atom. The van der Waals surface area contributed by atoms with Gasteiger partial charge < -0.3 is 9.30 Å². The third kappa shape index (κ3) is 5.77. The molecule has 0 amide bonds. The second kappa shape index (κ2) is 10.8. The van der Waals surface area contributed by atoms with Crippen molar-refractivity contribution in [2.75, 3.05) is 6.54 Å². The molecule has 4 rings (SSSR count). The first-order valence-corrected chi connectivity index (χ1v) is 11.6. The molecule has 0 spiro atoms. The summed E-state index contributed by atoms with van der Waals surface area (Å²) < 4.78 is 60.3. The van der Waals surface area contributed by atoms with Gasteiger partial charge in [0.05, 0.1) is 6.54 Å². The first-order chi connectivity index (χ1) is 18.0. The number of aryl methyl sites for hydroxylation is 1. The number of alkyl halides is 3. The van der Waals surface area contributed by atoms with Gasteiger partial charge in [0, 0.05) is 31.6 Å². The van der Waals surface area contributed by atoms with Crippen molar-refractivity contribution in [1.29, 1.82) is 0 Å². The Morgan fingerprint density at radius 1 is 1.08 bits per heavy atom. The Morgan fingerprint density at radius 3 is 2.45 bits per heavy atom. The van der Waals surface area contributed by atoms with Crippen molar-refractivity contribution in [3.05, 3.63) is 96.0 Å². The number of ether oxygens (including phenoxy) is 1. The molecule has 0 saturated carbocycles. The van der Waals surface area contributed by atoms with Crippen molar-refractivity contribution in [3.63, 3.8) is 0 Å². The lowest BCUT2D eigenvalue weighted by Crippen LogP contribution is -2.39. The summed E-state index contributed by atoms with van der Waals surface area (Å²) in [6.45, 7) is -0.106. The summed E-state index contributed by atoms with van der Waals surface area (Å²) in [4.78, 5) is 41.2. The molecule has 0 N–H and O–H groups in total. The van der Waals surface area contributed by atoms with Gasteiger partial charge in [-0.1, -0.05) is 28.9 Å². The second-order valence-electron chi connectivity index (χ2n) is 8.40. The Hall–Kier alpha value is -4.00. The van der Waals surface area contributed by atoms with Crippen LogP contribution in [0.15, 0.2) is 57.2 Å². The molecule has 2 aromatic heterocycles. The molecule has 0 aliphatic carbocycles. The van der Waals surface area contributed by atoms with Crippen LogP contribution in [0, 0.1) is 10.7 Å². The van der Waals surface area contributed by atoms with Gasteiger partial charge in [0.15, 0.2) is 11.2 Å². The molecule has 14 heteroatoms. The molecule has 4 aromatic rings. The molecule has 0 unspecified atom stereocenters. The van der Waals surface area contributed by atoms with Crippen LogP contribution in [0.4, 0.5) is 17.6 Å². The summed E-state index contributed by atoms with van der Waals surface area (Å²) >= 11 is 5.98. The SMILES string of the molecule is Cn1c(=O)n(CCCN=O)c(=O)c2c1nc(Cc1cc(OC(F)(F)F)ccc1F)n2Cc1ccc(Cl)cc1. The zero-order valence-electron chi connectivity index (χ0n) is 19.8. The van der Waals surface area contributed by atoms with E-state index in [-0.39, 0.29) is 55.0 Å². The van der Waals surface area contributed by atoms with Gasteiger partial charge in [0.2, 0.25) is 0 Å². The van der Waals surface area contributed by atoms with E-state index in [2.05, 4.69) is 14.9 Å². The van der Waals surface area contributed by atoms with Gasteiger partial charge in [0.25, 0.3) is 5.56 Å². The van der Waals surface area contributed by atoms with E-state index in [1.54, 1.807) is 24.3 Å². The number of nitrogens with zero attached hydrogens (tertiary/aromatic N) is 5. The van der Waals surface area contributed by atoms with Gasteiger partial charge in [-0.05, 0) is 47.9 Å². The minimum absolute atomic E-state index is 0.0110. The number of fused-ring (bicyclic) bond motifs is 1. The molecule has 9 nitrogen and oxygen atoms in total. The zero-order valence-corrected chi connectivity index (χ0v) is 20.6. The molecule has 0 atom stereocenters. The molecule has 0 fully saturated rings. The fourth-order valence-corrected chi connectivity index (χ4v) is 4.16. The Labute approximate surface area is 216 Å². The number of hydrogen-bond donors (Lipinski definition) is 0. The molecule has 2 aromatic carbocycles. The van der Waals surface area contributed by atoms with Crippen LogP contribution in [0.1, 0.15) is 23.4 Å². The lowest BCUT2D eigenvalue weighted by Gasteiger charge is -2.13. The molecule has 0 saturated heterocycles. The molecule has 0 bridgehead atoms. The fraction of sp³-hybridized carbons (Fsp3) is 0.292. The Kier molecular flexibility index (Phi) is 7.67. The maximum Gasteiger partial charge on any atom is 0.573 e. The summed E-state index contributed by atoms with van der Waals surface area (Å²) in [6.07, 6.45) is -5.13. The maximum atomic E-state index is 14.7. The van der Waals surface area contributed by atoms with Crippen molar-refractivity contribution >= 4 is 22.8 Å². The van der Waals surface area contributed by atoms with Crippen LogP contribution >= 0.6 is 11.6 Å². The summed E-state index contributed by atoms with van der Waals surface area (Å²) in [5, 5.41) is 3.22. The first kappa shape index (κ1) is 27.0. The highest BCUT2D eigenvalue weighted by Crippen LogP contribution is 2.27. The minimum Gasteiger partial charge on any atom is -0.406 e. The number of halogens is 5. The van der Waals surface area contributed by atoms with Crippen LogP contribution in [0.25, 0.3) is 11.2 Å². The van der Waals surface area contributed by atoms with Crippen molar-refractivity contribution in [3.8, 4) is 5.75 Å². The quantitative estimate of drug-likeness (QED) is 0.174. The Balaban J connectivity index is 1.89. The van der Waals surface area contributed by atoms with E-state index >= 15 is 0 Å². The van der Waals surface area contributed by atoms with Crippen LogP contribution in [-0.2, 0) is 26.6 Å². The normalized spacial score (nSPS) is 11.7. The standard InChI is InChI=1S/C24H20ClF4N5O4/c1-32-21-20(22(35)33(23(32)36)10-2-9-30-37)34(13-14-3-5-16(25)6-4-14)19(31-21)12-15-11-17(7-8-18(15)26)38-24(27,28)29/h3-8,11H,2,9-10,12-13H2,1H3. The highest BCUT2D eigenvalue weighted by atomic mass is 35.5. The van der Waals surface area contributed by atoms with Crippen molar-refractivity contribution in [2.45, 2.75) is 32.3 Å². The molecule has 0 aliphatic rings. The summed E-state index contributed by atoms with van der Waals surface area (Å²) in [5.41, 5.74) is -0.799. The third-order valence-electron chi connectivity index (χ3n) is 5.80. The molecule has 0 aliphatic heterocycles. The largest absolute Gasteiger partial charge is 0.573 e. The van der Waals surface area contributed by atoms with Gasteiger partial charge in [0.1, 0.15) is 17.4 Å². The average molecular weight is 554 g/mol. The smallest absolute Gasteiger partial charge is 0.406 e. The van der Waals surface area contributed by atoms with E-state index < -0.39 is 29.2 Å². The van der Waals surface area contributed by atoms with E-state index in [1.807, 2.05) is 0 Å². The number of rotatable bonds is 9. The van der Waals surface area contributed by atoms with Crippen molar-refractivity contribution in [1.82, 2.24) is 18.7 Å². The highest BCUT2D eigenvalue weighted by molar-refractivity contribution is 6.30. The number of imidazole rings is 1. The van der Waals surface area contributed by atoms with Crippen LogP contribution in [-0.4, -0.2) is 31.6 Å². The first-order valence-electron chi connectivity index (χ1n) is 11.2. The van der Waals surface area contributed by atoms with Gasteiger partial charge in [-0.2, -0.15) is 4.91 Å². The fourth-order valence-electron chi connectivity index (χ4n) is 4.04. The highest BCUT2D eigenvalue weighted by Gasteiger charge is 2.31. The van der Waals surface area contributed by atoms with Crippen LogP contribution in [0.2, 0.25) is 5.02 Å². The number of nitroso groups, excluding NO2 is 1. The minimum atomic E-state index is -4.97. The van der Waals surface area contributed by atoms with Crippen LogP contribution < -0.4 is 16.0 Å². The monoisotopic (exact) mass is 553 g/mol. The average Bonchev–Trinajstić information content (AvgIpc) is 3.20. The zero-order chi connectivity index (χ0) is 27.6. The number of aromatic nitrogens is 4. The van der Waals surface area contributed by atoms with Gasteiger partial charge >= 0.3 is 12.1 Å². The predicted molar refractivity (Wildman–Crippen MR) is 131 cm³/mol. The van der Waals surface area contributed by atoms with Crippen LogP contribution in [0.5, 0.6) is 5.75 Å². The molecular formula is C24H20ClF4N5O4. The van der Waals surface area contributed by atoms with E-state index in [1.165, 1.54) is 11.6 Å². The second-order valence-corrected chi connectivity index (χ2v) is 8.83. The Bertz CT molecular complexity index is 1610. The van der Waals surface area contributed by atoms with Crippen molar-refractivity contribution in [2.24, 2.45) is 12.2 Å². The van der Waals surface area contributed by atoms with E-state index in [0.29, 0.717) is 10.6 Å². The van der Waals surface area contributed by atoms with Gasteiger partial charge in [-0.25, -0.2) is 14.2 Å². The molecule has 38 heavy (non-hydrogen) atoms. The lowest BCUT2D eigenvalue weighted by molar-refractivity contribution is -0.274. The number of hydrogen-bond acceptors (Lipinski definition) is 6. The summed E-state index contributed by atoms with van der Waals surface area (Å²) in [7, 11) is 1.40. The van der Waals surface area contributed by atoms with E-state index in [0.717, 1.165) is 27.3 Å². The summed E-state index contributed by atoms with van der Waals surface area (Å²) in [6, 6.07) is 9.26. The van der Waals surface area contributed by atoms with Gasteiger partial charge in [-0.15, -0.1) is 13.2 Å². The third-order valence-corrected chi connectivity index (χ3v) is 6.05. The molecule has 200 valence electrons. The van der Waals surface area contributed by atoms with Gasteiger partial charge in [-0.3, -0.25) is 13.9 Å². The van der Waals surface area contributed by atoms with E-state index in [4.69, 9.17) is 11.6 Å². The van der Waals surface area contributed by atoms with Crippen molar-refractivity contribution < 1.29 is 22.3 Å². The molecular weight excluding hydrogens is 534 g/mol. The maximum absolute atomic E-state index is 14.7. The number of benzene rings is 2. The predicted octanol–water partition coefficient (Wildman–Crippen LogP) is 4.38. The summed E-state index contributed by atoms with van der Waals surface area (Å²) in [5.74, 6) is -1.30. The van der Waals surface area contributed by atoms with E-state index in [9.17, 15) is 32.1 Å². The molecule has 2 heterocycles. The van der Waals surface area contributed by atoms with Crippen LogP contribution in [0.3, 0.4) is 0 Å². The lowest BCUT2D eigenvalue weighted by atomic mass is 10.1. The molecule has 0 radical (unpaired) electrons.